The number of benzene rings is 2. The highest BCUT2D eigenvalue weighted by molar-refractivity contribution is 6.06. The Labute approximate surface area is 204 Å². The van der Waals surface area contributed by atoms with Gasteiger partial charge in [-0.25, -0.2) is 4.79 Å². The zero-order chi connectivity index (χ0) is 24.9. The maximum absolute atomic E-state index is 13.1. The monoisotopic (exact) mass is 468 g/mol. The molecule has 0 spiro atoms. The van der Waals surface area contributed by atoms with Crippen molar-refractivity contribution < 1.29 is 19.1 Å². The molecule has 0 atom stereocenters. The van der Waals surface area contributed by atoms with E-state index in [1.165, 1.54) is 12.8 Å². The van der Waals surface area contributed by atoms with Gasteiger partial charge < -0.3 is 19.7 Å². The van der Waals surface area contributed by atoms with Gasteiger partial charge in [0, 0.05) is 13.1 Å². The van der Waals surface area contributed by atoms with Gasteiger partial charge in [-0.2, -0.15) is 0 Å². The fourth-order valence-electron chi connectivity index (χ4n) is 4.07. The molecule has 6 heteroatoms. The van der Waals surface area contributed by atoms with E-state index in [9.17, 15) is 9.59 Å². The van der Waals surface area contributed by atoms with Gasteiger partial charge >= 0.3 is 5.97 Å². The van der Waals surface area contributed by atoms with E-state index in [1.54, 1.807) is 17.9 Å². The zero-order valence-electron chi connectivity index (χ0n) is 21.4. The van der Waals surface area contributed by atoms with E-state index >= 15 is 0 Å². The van der Waals surface area contributed by atoms with Crippen LogP contribution in [0.2, 0.25) is 0 Å². The van der Waals surface area contributed by atoms with Gasteiger partial charge in [-0.1, -0.05) is 61.6 Å². The average Bonchev–Trinajstić information content (AvgIpc) is 2.79. The first kappa shape index (κ1) is 27.4. The van der Waals surface area contributed by atoms with E-state index in [1.807, 2.05) is 32.9 Å². The van der Waals surface area contributed by atoms with Crippen LogP contribution in [0.15, 0.2) is 36.4 Å². The molecule has 1 amide bonds. The van der Waals surface area contributed by atoms with Crippen molar-refractivity contribution in [2.75, 3.05) is 36.5 Å². The molecule has 2 aromatic carbocycles. The maximum Gasteiger partial charge on any atom is 0.342 e. The molecule has 0 aliphatic heterocycles. The second-order valence-corrected chi connectivity index (χ2v) is 8.53. The summed E-state index contributed by atoms with van der Waals surface area (Å²) in [5, 5.41) is 3.37. The Morgan fingerprint density at radius 2 is 1.71 bits per heavy atom. The lowest BCUT2D eigenvalue weighted by Gasteiger charge is -2.25. The zero-order valence-corrected chi connectivity index (χ0v) is 21.4. The van der Waals surface area contributed by atoms with Crippen LogP contribution in [0.1, 0.15) is 73.5 Å². The summed E-state index contributed by atoms with van der Waals surface area (Å²) in [6, 6.07) is 11.7. The van der Waals surface area contributed by atoms with Crippen LogP contribution in [-0.2, 0) is 20.9 Å². The fraction of sp³-hybridized carbons (Fsp3) is 0.500. The summed E-state index contributed by atoms with van der Waals surface area (Å²) in [7, 11) is 0. The Hall–Kier alpha value is -2.86. The van der Waals surface area contributed by atoms with Crippen molar-refractivity contribution in [2.24, 2.45) is 0 Å². The minimum Gasteiger partial charge on any atom is -0.462 e. The van der Waals surface area contributed by atoms with E-state index in [0.29, 0.717) is 30.1 Å². The number of unbranched alkanes of at least 4 members (excludes halogenated alkanes) is 3. The largest absolute Gasteiger partial charge is 0.462 e. The average molecular weight is 469 g/mol. The molecule has 0 unspecified atom stereocenters. The normalized spacial score (nSPS) is 10.7. The second kappa shape index (κ2) is 14.4. The molecule has 0 saturated heterocycles. The molecule has 0 fully saturated rings. The lowest BCUT2D eigenvalue weighted by atomic mass is 10.1. The number of ether oxygens (including phenoxy) is 2. The van der Waals surface area contributed by atoms with Gasteiger partial charge in [-0.3, -0.25) is 4.79 Å². The molecule has 0 radical (unpaired) electrons. The van der Waals surface area contributed by atoms with Crippen LogP contribution in [-0.4, -0.2) is 38.2 Å². The Morgan fingerprint density at radius 1 is 0.971 bits per heavy atom. The van der Waals surface area contributed by atoms with Gasteiger partial charge in [-0.05, 0) is 51.8 Å². The lowest BCUT2D eigenvalue weighted by molar-refractivity contribution is -0.123. The summed E-state index contributed by atoms with van der Waals surface area (Å²) in [4.78, 5) is 27.6. The number of carbonyl (C=O) groups excluding carboxylic acids is 2. The number of hydrogen-bond acceptors (Lipinski definition) is 5. The molecule has 0 bridgehead atoms. The number of esters is 1. The highest BCUT2D eigenvalue weighted by Crippen LogP contribution is 2.29. The summed E-state index contributed by atoms with van der Waals surface area (Å²) < 4.78 is 11.1. The van der Waals surface area contributed by atoms with E-state index in [0.717, 1.165) is 36.1 Å². The predicted molar refractivity (Wildman–Crippen MR) is 139 cm³/mol. The minimum absolute atomic E-state index is 0.0717. The molecule has 34 heavy (non-hydrogen) atoms. The molecule has 1 N–H and O–H groups in total. The molecular weight excluding hydrogens is 428 g/mol. The van der Waals surface area contributed by atoms with Crippen LogP contribution in [0.25, 0.3) is 0 Å². The number of rotatable bonds is 14. The number of carbonyl (C=O) groups is 2. The number of nitrogens with one attached hydrogen (secondary N) is 1. The van der Waals surface area contributed by atoms with Gasteiger partial charge in [0.05, 0.1) is 24.6 Å². The van der Waals surface area contributed by atoms with E-state index in [2.05, 4.69) is 30.4 Å². The summed E-state index contributed by atoms with van der Waals surface area (Å²) in [6.45, 7) is 11.7. The number of amides is 1. The second-order valence-electron chi connectivity index (χ2n) is 8.53. The lowest BCUT2D eigenvalue weighted by Crippen LogP contribution is -2.35. The molecule has 0 saturated carbocycles. The number of nitrogens with zero attached hydrogens (tertiary/aromatic N) is 1. The summed E-state index contributed by atoms with van der Waals surface area (Å²) in [6.07, 6.45) is 4.51. The molecule has 2 aromatic rings. The third kappa shape index (κ3) is 8.17. The van der Waals surface area contributed by atoms with Crippen molar-refractivity contribution in [3.05, 3.63) is 58.7 Å². The summed E-state index contributed by atoms with van der Waals surface area (Å²) in [5.74, 6) is -0.630. The number of likely N-dealkylation sites (N-methyl/N-ethyl adjacent to an activating group) is 1. The number of hydrogen-bond donors (Lipinski definition) is 1. The van der Waals surface area contributed by atoms with Crippen LogP contribution < -0.4 is 10.2 Å². The first-order chi connectivity index (χ1) is 16.4. The van der Waals surface area contributed by atoms with Crippen LogP contribution >= 0.6 is 0 Å². The first-order valence-electron chi connectivity index (χ1n) is 12.4. The third-order valence-corrected chi connectivity index (χ3v) is 5.55. The predicted octanol–water partition coefficient (Wildman–Crippen LogP) is 6.04. The topological polar surface area (TPSA) is 67.9 Å². The van der Waals surface area contributed by atoms with Crippen LogP contribution in [0.3, 0.4) is 0 Å². The Balaban J connectivity index is 2.17. The molecular formula is C28H40N2O4. The Bertz CT molecular complexity index is 922. The Morgan fingerprint density at radius 3 is 2.35 bits per heavy atom. The van der Waals surface area contributed by atoms with Gasteiger partial charge in [0.15, 0.2) is 0 Å². The van der Waals surface area contributed by atoms with Crippen LogP contribution in [0, 0.1) is 13.8 Å². The van der Waals surface area contributed by atoms with Gasteiger partial charge in [-0.15, -0.1) is 0 Å². The van der Waals surface area contributed by atoms with Crippen molar-refractivity contribution in [3.63, 3.8) is 0 Å². The quantitative estimate of drug-likeness (QED) is 0.270. The third-order valence-electron chi connectivity index (χ3n) is 5.55. The molecule has 186 valence electrons. The van der Waals surface area contributed by atoms with Crippen molar-refractivity contribution in [2.45, 2.75) is 66.9 Å². The van der Waals surface area contributed by atoms with Crippen LogP contribution in [0.4, 0.5) is 11.4 Å². The molecule has 2 rings (SSSR count). The minimum atomic E-state index is -0.434. The molecule has 6 nitrogen and oxygen atoms in total. The summed E-state index contributed by atoms with van der Waals surface area (Å²) >= 11 is 0. The van der Waals surface area contributed by atoms with Gasteiger partial charge in [0.1, 0.15) is 12.2 Å². The standard InChI is InChI=1S/C28H40N2O4/c1-6-9-10-11-15-29-24-13-12-14-25(27(24)28(32)34-8-3)30(7-2)26(31)20-33-19-23-17-21(4)16-22(5)18-23/h12-14,16-18,29H,6-11,15,19-20H2,1-5H3. The van der Waals surface area contributed by atoms with Crippen molar-refractivity contribution in [1.29, 1.82) is 0 Å². The van der Waals surface area contributed by atoms with E-state index in [-0.39, 0.29) is 19.1 Å². The Kier molecular flexibility index (Phi) is 11.6. The molecule has 0 heterocycles. The maximum atomic E-state index is 13.1. The van der Waals surface area contributed by atoms with Crippen LogP contribution in [0.5, 0.6) is 0 Å². The highest BCUT2D eigenvalue weighted by Gasteiger charge is 2.24. The first-order valence-corrected chi connectivity index (χ1v) is 12.4. The molecule has 0 aromatic heterocycles. The van der Waals surface area contributed by atoms with Crippen molar-refractivity contribution in [3.8, 4) is 0 Å². The SMILES string of the molecule is CCCCCCNc1cccc(N(CC)C(=O)COCc2cc(C)cc(C)c2)c1C(=O)OCC. The highest BCUT2D eigenvalue weighted by atomic mass is 16.5. The molecule has 0 aliphatic carbocycles. The smallest absolute Gasteiger partial charge is 0.342 e. The van der Waals surface area contributed by atoms with Crippen molar-refractivity contribution in [1.82, 2.24) is 0 Å². The molecule has 0 aliphatic rings. The number of aryl methyl sites for hydroxylation is 2. The van der Waals surface area contributed by atoms with Crippen molar-refractivity contribution >= 4 is 23.3 Å². The van der Waals surface area contributed by atoms with Gasteiger partial charge in [0.25, 0.3) is 5.91 Å². The summed E-state index contributed by atoms with van der Waals surface area (Å²) in [5.41, 5.74) is 4.99. The van der Waals surface area contributed by atoms with E-state index < -0.39 is 5.97 Å². The van der Waals surface area contributed by atoms with E-state index in [4.69, 9.17) is 9.47 Å². The number of anilines is 2. The fourth-order valence-corrected chi connectivity index (χ4v) is 4.07. The van der Waals surface area contributed by atoms with Gasteiger partial charge in [0.2, 0.25) is 0 Å².